The zero-order valence-corrected chi connectivity index (χ0v) is 20.7. The highest BCUT2D eigenvalue weighted by molar-refractivity contribution is 7.18. The molecule has 1 saturated carbocycles. The molecule has 6 nitrogen and oxygen atoms in total. The number of aromatic carboxylic acids is 1. The van der Waals surface area contributed by atoms with Gasteiger partial charge < -0.3 is 19.8 Å². The van der Waals surface area contributed by atoms with Gasteiger partial charge in [0.25, 0.3) is 0 Å². The smallest absolute Gasteiger partial charge is 0.349 e. The number of carboxylic acid groups (broad SMARTS) is 2. The van der Waals surface area contributed by atoms with Crippen molar-refractivity contribution in [3.63, 3.8) is 0 Å². The molecule has 35 heavy (non-hydrogen) atoms. The minimum absolute atomic E-state index is 0.0162. The summed E-state index contributed by atoms with van der Waals surface area (Å²) in [5, 5.41) is 18.7. The third-order valence-electron chi connectivity index (χ3n) is 6.53. The molecule has 0 amide bonds. The molecular weight excluding hydrogens is 462 g/mol. The van der Waals surface area contributed by atoms with E-state index in [4.69, 9.17) is 9.84 Å². The van der Waals surface area contributed by atoms with Gasteiger partial charge >= 0.3 is 11.9 Å². The van der Waals surface area contributed by atoms with E-state index in [1.54, 1.807) is 6.92 Å². The molecule has 3 aromatic rings. The van der Waals surface area contributed by atoms with Crippen LogP contribution < -0.4 is 9.64 Å². The van der Waals surface area contributed by atoms with Gasteiger partial charge in [0.1, 0.15) is 5.75 Å². The first-order valence-corrected chi connectivity index (χ1v) is 12.9. The zero-order chi connectivity index (χ0) is 24.8. The fourth-order valence-corrected chi connectivity index (χ4v) is 5.90. The summed E-state index contributed by atoms with van der Waals surface area (Å²) in [5.74, 6) is -1.52. The summed E-state index contributed by atoms with van der Waals surface area (Å²) < 4.78 is 5.37. The van der Waals surface area contributed by atoms with Crippen molar-refractivity contribution in [1.29, 1.82) is 0 Å². The van der Waals surface area contributed by atoms with Crippen molar-refractivity contribution >= 4 is 34.7 Å². The number of anilines is 2. The Morgan fingerprint density at radius 2 is 1.66 bits per heavy atom. The van der Waals surface area contributed by atoms with E-state index in [1.165, 1.54) is 38.5 Å². The van der Waals surface area contributed by atoms with Crippen molar-refractivity contribution in [2.45, 2.75) is 45.4 Å². The quantitative estimate of drug-likeness (QED) is 0.312. The Bertz CT molecular complexity index is 1170. The molecule has 1 aliphatic rings. The highest BCUT2D eigenvalue weighted by Gasteiger charge is 2.24. The molecule has 184 valence electrons. The van der Waals surface area contributed by atoms with Crippen LogP contribution in [0.15, 0.2) is 54.6 Å². The minimum atomic E-state index is -1.15. The minimum Gasteiger partial charge on any atom is -0.480 e. The lowest BCUT2D eigenvalue weighted by atomic mass is 9.98. The zero-order valence-electron chi connectivity index (χ0n) is 19.9. The van der Waals surface area contributed by atoms with Crippen molar-refractivity contribution < 1.29 is 24.5 Å². The number of aliphatic carboxylic acids is 1. The molecule has 0 spiro atoms. The molecule has 1 fully saturated rings. The van der Waals surface area contributed by atoms with E-state index in [9.17, 15) is 14.7 Å². The average molecular weight is 494 g/mol. The average Bonchev–Trinajstić information content (AvgIpc) is 3.00. The van der Waals surface area contributed by atoms with Crippen LogP contribution in [0.25, 0.3) is 10.4 Å². The first-order valence-electron chi connectivity index (χ1n) is 12.1. The number of carboxylic acids is 2. The maximum Gasteiger partial charge on any atom is 0.349 e. The highest BCUT2D eigenvalue weighted by Crippen LogP contribution is 2.43. The standard InChI is InChI=1S/C28H31NO5S/c1-19-25(34-18-24(30)31)27(28(32)33)35-26(19)21-12-9-15-23(16-21)29(22-13-7-4-8-14-22)17-20-10-5-2-3-6-11-20/h4,7-9,12-16,20H,2-3,5-6,10-11,17-18H2,1H3,(H,30,31)(H,32,33). The predicted octanol–water partition coefficient (Wildman–Crippen LogP) is 6.99. The van der Waals surface area contributed by atoms with Crippen molar-refractivity contribution in [2.24, 2.45) is 5.92 Å². The number of benzene rings is 2. The van der Waals surface area contributed by atoms with Crippen LogP contribution in [0.1, 0.15) is 53.8 Å². The summed E-state index contributed by atoms with van der Waals surface area (Å²) in [4.78, 5) is 26.0. The summed E-state index contributed by atoms with van der Waals surface area (Å²) in [7, 11) is 0. The maximum atomic E-state index is 11.8. The second-order valence-electron chi connectivity index (χ2n) is 9.06. The number of nitrogens with zero attached hydrogens (tertiary/aromatic N) is 1. The molecular formula is C28H31NO5S. The van der Waals surface area contributed by atoms with Crippen LogP contribution >= 0.6 is 11.3 Å². The molecule has 7 heteroatoms. The molecule has 0 aliphatic heterocycles. The Morgan fingerprint density at radius 1 is 0.971 bits per heavy atom. The van der Waals surface area contributed by atoms with Gasteiger partial charge in [0.2, 0.25) is 0 Å². The molecule has 2 N–H and O–H groups in total. The van der Waals surface area contributed by atoms with Gasteiger partial charge in [-0.1, -0.05) is 56.0 Å². The number of hydrogen-bond donors (Lipinski definition) is 2. The predicted molar refractivity (Wildman–Crippen MR) is 139 cm³/mol. The topological polar surface area (TPSA) is 87.1 Å². The molecule has 0 bridgehead atoms. The van der Waals surface area contributed by atoms with E-state index in [2.05, 4.69) is 29.2 Å². The lowest BCUT2D eigenvalue weighted by molar-refractivity contribution is -0.139. The third-order valence-corrected chi connectivity index (χ3v) is 7.84. The Hall–Kier alpha value is -3.32. The number of para-hydroxylation sites is 1. The molecule has 4 rings (SSSR count). The first kappa shape index (κ1) is 24.8. The Kier molecular flexibility index (Phi) is 8.08. The molecule has 0 unspecified atom stereocenters. The summed E-state index contributed by atoms with van der Waals surface area (Å²) >= 11 is 1.12. The van der Waals surface area contributed by atoms with Gasteiger partial charge in [-0.15, -0.1) is 11.3 Å². The van der Waals surface area contributed by atoms with E-state index in [-0.39, 0.29) is 10.6 Å². The maximum absolute atomic E-state index is 11.8. The van der Waals surface area contributed by atoms with Crippen LogP contribution in [0, 0.1) is 12.8 Å². The van der Waals surface area contributed by atoms with Crippen molar-refractivity contribution in [1.82, 2.24) is 0 Å². The molecule has 1 aliphatic carbocycles. The van der Waals surface area contributed by atoms with Crippen LogP contribution in [-0.4, -0.2) is 35.3 Å². The summed E-state index contributed by atoms with van der Waals surface area (Å²) in [6, 6.07) is 18.5. The number of rotatable bonds is 9. The highest BCUT2D eigenvalue weighted by atomic mass is 32.1. The molecule has 0 atom stereocenters. The fraction of sp³-hybridized carbons (Fsp3) is 0.357. The van der Waals surface area contributed by atoms with Gasteiger partial charge in [0, 0.05) is 28.4 Å². The second kappa shape index (κ2) is 11.4. The van der Waals surface area contributed by atoms with Gasteiger partial charge in [0.15, 0.2) is 11.5 Å². The first-order chi connectivity index (χ1) is 16.9. The largest absolute Gasteiger partial charge is 0.480 e. The van der Waals surface area contributed by atoms with Crippen molar-refractivity contribution in [2.75, 3.05) is 18.1 Å². The van der Waals surface area contributed by atoms with Gasteiger partial charge in [0.05, 0.1) is 0 Å². The monoisotopic (exact) mass is 493 g/mol. The normalized spacial score (nSPS) is 14.3. The van der Waals surface area contributed by atoms with E-state index in [0.717, 1.165) is 39.7 Å². The number of carbonyl (C=O) groups is 2. The third kappa shape index (κ3) is 6.03. The molecule has 0 radical (unpaired) electrons. The Morgan fingerprint density at radius 3 is 2.31 bits per heavy atom. The molecule has 1 heterocycles. The van der Waals surface area contributed by atoms with Gasteiger partial charge in [-0.25, -0.2) is 9.59 Å². The van der Waals surface area contributed by atoms with E-state index in [1.807, 2.05) is 30.3 Å². The summed E-state index contributed by atoms with van der Waals surface area (Å²) in [5.41, 5.74) is 3.71. The van der Waals surface area contributed by atoms with Crippen molar-refractivity contribution in [3.8, 4) is 16.2 Å². The molecule has 0 saturated heterocycles. The Balaban J connectivity index is 1.71. The van der Waals surface area contributed by atoms with E-state index < -0.39 is 18.5 Å². The van der Waals surface area contributed by atoms with Crippen LogP contribution in [0.5, 0.6) is 5.75 Å². The SMILES string of the molecule is Cc1c(-c2cccc(N(CC3CCCCCC3)c3ccccc3)c2)sc(C(=O)O)c1OCC(=O)O. The van der Waals surface area contributed by atoms with E-state index >= 15 is 0 Å². The van der Waals surface area contributed by atoms with Crippen molar-refractivity contribution in [3.05, 3.63) is 65.0 Å². The number of hydrogen-bond acceptors (Lipinski definition) is 5. The fourth-order valence-electron chi connectivity index (χ4n) is 4.81. The summed E-state index contributed by atoms with van der Waals surface area (Å²) in [6.45, 7) is 2.13. The Labute approximate surface area is 209 Å². The van der Waals surface area contributed by atoms with Crippen LogP contribution in [0.2, 0.25) is 0 Å². The number of thiophene rings is 1. The van der Waals surface area contributed by atoms with Crippen LogP contribution in [0.4, 0.5) is 11.4 Å². The van der Waals surface area contributed by atoms with Gasteiger partial charge in [-0.2, -0.15) is 0 Å². The van der Waals surface area contributed by atoms with E-state index in [0.29, 0.717) is 11.5 Å². The lowest BCUT2D eigenvalue weighted by Crippen LogP contribution is -2.25. The van der Waals surface area contributed by atoms with Gasteiger partial charge in [-0.05, 0) is 55.5 Å². The van der Waals surface area contributed by atoms with Crippen LogP contribution in [-0.2, 0) is 4.79 Å². The lowest BCUT2D eigenvalue weighted by Gasteiger charge is -2.29. The molecule has 2 aromatic carbocycles. The second-order valence-corrected chi connectivity index (χ2v) is 10.1. The molecule has 1 aromatic heterocycles. The van der Waals surface area contributed by atoms with Gasteiger partial charge in [-0.3, -0.25) is 0 Å². The van der Waals surface area contributed by atoms with Crippen LogP contribution in [0.3, 0.4) is 0 Å². The number of ether oxygens (including phenoxy) is 1. The summed E-state index contributed by atoms with van der Waals surface area (Å²) in [6.07, 6.45) is 7.65.